The molecule has 0 aliphatic rings. The highest BCUT2D eigenvalue weighted by Gasteiger charge is 2.22. The summed E-state index contributed by atoms with van der Waals surface area (Å²) in [4.78, 5) is 13.1. The molecule has 5 aromatic rings. The third kappa shape index (κ3) is 4.16. The summed E-state index contributed by atoms with van der Waals surface area (Å²) >= 11 is 7.52. The average molecular weight is 608 g/mol. The molecule has 3 nitrogen and oxygen atoms in total. The standard InChI is InChI=1S/C31H28Br2O3/c1-16(2)14-35-18(5)19-6-7-20-23-11-13-26(33)30-24(31(34)36-15-17(3)4)9-8-21(28(23)30)22-10-12-25(32)29(19)27(20)22/h6-13,16-17H,5,14-15H2,1-4H3. The Hall–Kier alpha value is -2.63. The second-order valence-electron chi connectivity index (χ2n) is 10.1. The maximum Gasteiger partial charge on any atom is 0.338 e. The summed E-state index contributed by atoms with van der Waals surface area (Å²) in [6.45, 7) is 13.6. The zero-order valence-corrected chi connectivity index (χ0v) is 24.0. The van der Waals surface area contributed by atoms with Gasteiger partial charge in [-0.2, -0.15) is 0 Å². The number of halogens is 2. The number of hydrogen-bond donors (Lipinski definition) is 0. The fraction of sp³-hybridized carbons (Fsp3) is 0.258. The molecule has 5 rings (SSSR count). The van der Waals surface area contributed by atoms with Crippen molar-refractivity contribution >= 4 is 86.7 Å². The largest absolute Gasteiger partial charge is 0.493 e. The maximum atomic E-state index is 13.1. The summed E-state index contributed by atoms with van der Waals surface area (Å²) < 4.78 is 13.5. The van der Waals surface area contributed by atoms with Gasteiger partial charge in [-0.3, -0.25) is 0 Å². The predicted molar refractivity (Wildman–Crippen MR) is 158 cm³/mol. The first-order valence-corrected chi connectivity index (χ1v) is 13.8. The van der Waals surface area contributed by atoms with E-state index in [2.05, 4.69) is 82.6 Å². The molecule has 0 aliphatic carbocycles. The minimum absolute atomic E-state index is 0.272. The van der Waals surface area contributed by atoms with E-state index >= 15 is 0 Å². The first-order valence-electron chi connectivity index (χ1n) is 12.2. The van der Waals surface area contributed by atoms with Gasteiger partial charge in [0.15, 0.2) is 0 Å². The van der Waals surface area contributed by atoms with Crippen LogP contribution in [0.5, 0.6) is 0 Å². The lowest BCUT2D eigenvalue weighted by Gasteiger charge is -2.20. The van der Waals surface area contributed by atoms with Crippen LogP contribution in [0.15, 0.2) is 64.1 Å². The smallest absolute Gasteiger partial charge is 0.338 e. The molecule has 0 atom stereocenters. The molecule has 0 saturated heterocycles. The summed E-state index contributed by atoms with van der Waals surface area (Å²) in [5.74, 6) is 1.06. The van der Waals surface area contributed by atoms with Crippen LogP contribution >= 0.6 is 31.9 Å². The summed E-state index contributed by atoms with van der Waals surface area (Å²) in [7, 11) is 0. The highest BCUT2D eigenvalue weighted by atomic mass is 79.9. The molecule has 0 radical (unpaired) electrons. The Kier molecular flexibility index (Phi) is 6.73. The number of fused-ring (bicyclic) bond motifs is 2. The molecule has 36 heavy (non-hydrogen) atoms. The lowest BCUT2D eigenvalue weighted by molar-refractivity contribution is 0.0461. The number of esters is 1. The van der Waals surface area contributed by atoms with Gasteiger partial charge in [-0.15, -0.1) is 0 Å². The van der Waals surface area contributed by atoms with Crippen molar-refractivity contribution in [3.8, 4) is 0 Å². The molecule has 5 heteroatoms. The Morgan fingerprint density at radius 1 is 0.667 bits per heavy atom. The van der Waals surface area contributed by atoms with Crippen LogP contribution in [-0.2, 0) is 9.47 Å². The van der Waals surface area contributed by atoms with E-state index in [-0.39, 0.29) is 11.9 Å². The van der Waals surface area contributed by atoms with Gasteiger partial charge in [0.25, 0.3) is 0 Å². The van der Waals surface area contributed by atoms with Gasteiger partial charge in [-0.05, 0) is 68.4 Å². The second kappa shape index (κ2) is 9.68. The van der Waals surface area contributed by atoms with Crippen molar-refractivity contribution in [3.63, 3.8) is 0 Å². The zero-order valence-electron chi connectivity index (χ0n) is 20.9. The Balaban J connectivity index is 1.83. The fourth-order valence-electron chi connectivity index (χ4n) is 4.87. The van der Waals surface area contributed by atoms with Crippen LogP contribution in [0.3, 0.4) is 0 Å². The van der Waals surface area contributed by atoms with Crippen LogP contribution < -0.4 is 0 Å². The number of ether oxygens (including phenoxy) is 2. The Morgan fingerprint density at radius 2 is 1.08 bits per heavy atom. The van der Waals surface area contributed by atoms with Crippen molar-refractivity contribution in [1.29, 1.82) is 0 Å². The minimum Gasteiger partial charge on any atom is -0.493 e. The number of carbonyl (C=O) groups excluding carboxylic acids is 1. The highest BCUT2D eigenvalue weighted by Crippen LogP contribution is 2.46. The van der Waals surface area contributed by atoms with Crippen LogP contribution in [0, 0.1) is 11.8 Å². The number of carbonyl (C=O) groups is 1. The second-order valence-corrected chi connectivity index (χ2v) is 11.8. The van der Waals surface area contributed by atoms with Crippen LogP contribution in [0.2, 0.25) is 0 Å². The Morgan fingerprint density at radius 3 is 1.58 bits per heavy atom. The van der Waals surface area contributed by atoms with Crippen LogP contribution in [-0.4, -0.2) is 19.2 Å². The van der Waals surface area contributed by atoms with Crippen molar-refractivity contribution in [2.45, 2.75) is 27.7 Å². The zero-order chi connectivity index (χ0) is 25.7. The molecule has 0 N–H and O–H groups in total. The van der Waals surface area contributed by atoms with E-state index in [1.807, 2.05) is 32.0 Å². The third-order valence-corrected chi connectivity index (χ3v) is 7.78. The molecule has 0 saturated carbocycles. The van der Waals surface area contributed by atoms with Crippen LogP contribution in [0.4, 0.5) is 0 Å². The van der Waals surface area contributed by atoms with Crippen LogP contribution in [0.1, 0.15) is 43.6 Å². The Labute approximate surface area is 228 Å². The summed E-state index contributed by atoms with van der Waals surface area (Å²) in [6.07, 6.45) is 0. The lowest BCUT2D eigenvalue weighted by atomic mass is 9.87. The molecule has 0 aliphatic heterocycles. The first kappa shape index (κ1) is 25.0. The molecule has 5 aromatic carbocycles. The van der Waals surface area contributed by atoms with Crippen LogP contribution in [0.25, 0.3) is 48.8 Å². The number of benzene rings is 5. The van der Waals surface area contributed by atoms with E-state index in [4.69, 9.17) is 9.47 Å². The van der Waals surface area contributed by atoms with Gasteiger partial charge in [0.1, 0.15) is 5.76 Å². The highest BCUT2D eigenvalue weighted by molar-refractivity contribution is 9.11. The van der Waals surface area contributed by atoms with Gasteiger partial charge in [0.05, 0.1) is 18.8 Å². The SMILES string of the molecule is C=C(OCC(C)C)c1ccc2c3ccc(Br)c4c(C(=O)OCC(C)C)ccc(c5ccc(Br)c1c25)c43. The number of hydrogen-bond acceptors (Lipinski definition) is 3. The molecule has 0 unspecified atom stereocenters. The van der Waals surface area contributed by atoms with Gasteiger partial charge in [0.2, 0.25) is 0 Å². The van der Waals surface area contributed by atoms with E-state index < -0.39 is 0 Å². The monoisotopic (exact) mass is 606 g/mol. The van der Waals surface area contributed by atoms with Gasteiger partial charge < -0.3 is 9.47 Å². The van der Waals surface area contributed by atoms with E-state index in [1.165, 1.54) is 0 Å². The van der Waals surface area contributed by atoms with Gasteiger partial charge in [-0.25, -0.2) is 4.79 Å². The summed E-state index contributed by atoms with van der Waals surface area (Å²) in [5, 5.41) is 8.62. The number of rotatable bonds is 7. The van der Waals surface area contributed by atoms with Gasteiger partial charge in [0, 0.05) is 25.3 Å². The van der Waals surface area contributed by atoms with E-state index in [0.717, 1.165) is 57.6 Å². The molecular formula is C31H28Br2O3. The topological polar surface area (TPSA) is 35.5 Å². The molecule has 0 heterocycles. The van der Waals surface area contributed by atoms with Gasteiger partial charge in [-0.1, -0.05) is 90.4 Å². The molecule has 0 amide bonds. The predicted octanol–water partition coefficient (Wildman–Crippen LogP) is 9.72. The van der Waals surface area contributed by atoms with Crippen molar-refractivity contribution in [1.82, 2.24) is 0 Å². The fourth-order valence-corrected chi connectivity index (χ4v) is 5.96. The quantitative estimate of drug-likeness (QED) is 0.0799. The van der Waals surface area contributed by atoms with E-state index in [1.54, 1.807) is 0 Å². The van der Waals surface area contributed by atoms with Crippen molar-refractivity contribution < 1.29 is 14.3 Å². The van der Waals surface area contributed by atoms with Crippen molar-refractivity contribution in [2.75, 3.05) is 13.2 Å². The summed E-state index contributed by atoms with van der Waals surface area (Å²) in [6, 6.07) is 16.6. The maximum absolute atomic E-state index is 13.1. The molecule has 0 aromatic heterocycles. The van der Waals surface area contributed by atoms with Crippen molar-refractivity contribution in [3.05, 3.63) is 75.2 Å². The molecule has 0 fully saturated rings. The molecule has 184 valence electrons. The van der Waals surface area contributed by atoms with Crippen molar-refractivity contribution in [2.24, 2.45) is 11.8 Å². The third-order valence-electron chi connectivity index (χ3n) is 6.46. The normalized spacial score (nSPS) is 12.0. The molecular weight excluding hydrogens is 580 g/mol. The lowest BCUT2D eigenvalue weighted by Crippen LogP contribution is -2.11. The molecule has 0 bridgehead atoms. The van der Waals surface area contributed by atoms with E-state index in [9.17, 15) is 4.79 Å². The minimum atomic E-state index is -0.297. The Bertz CT molecular complexity index is 1510. The summed E-state index contributed by atoms with van der Waals surface area (Å²) in [5.41, 5.74) is 1.56. The van der Waals surface area contributed by atoms with E-state index in [0.29, 0.717) is 30.5 Å². The average Bonchev–Trinajstić information content (AvgIpc) is 2.85. The van der Waals surface area contributed by atoms with Gasteiger partial charge >= 0.3 is 5.97 Å². The molecule has 0 spiro atoms. The first-order chi connectivity index (χ1) is 17.2.